The monoisotopic (exact) mass is 439 g/mol. The van der Waals surface area contributed by atoms with Gasteiger partial charge in [0.05, 0.1) is 26.2 Å². The van der Waals surface area contributed by atoms with E-state index in [0.29, 0.717) is 6.42 Å². The molecule has 0 rings (SSSR count). The second kappa shape index (κ2) is 19.3. The fourth-order valence-electron chi connectivity index (χ4n) is 4.08. The third-order valence-electron chi connectivity index (χ3n) is 6.22. The third-order valence-corrected chi connectivity index (χ3v) is 7.25. The highest BCUT2D eigenvalue weighted by atomic mass is 35.5. The van der Waals surface area contributed by atoms with Gasteiger partial charge >= 0.3 is 8.80 Å². The maximum Gasteiger partial charge on any atom is 0.492 e. The zero-order valence-corrected chi connectivity index (χ0v) is 20.9. The topological polar surface area (TPSA) is 60.7 Å². The SMILES string of the molecule is CCCCCCCCCCCCCCC[N+](CC)(CC)CCC[Si](O)(O)O.[Cl-]. The van der Waals surface area contributed by atoms with E-state index in [1.807, 2.05) is 0 Å². The summed E-state index contributed by atoms with van der Waals surface area (Å²) in [7, 11) is -3.86. The second-order valence-electron chi connectivity index (χ2n) is 8.54. The summed E-state index contributed by atoms with van der Waals surface area (Å²) in [5, 5.41) is 0. The summed E-state index contributed by atoms with van der Waals surface area (Å²) in [6.07, 6.45) is 18.7. The van der Waals surface area contributed by atoms with Gasteiger partial charge in [0, 0.05) is 12.5 Å². The first kappa shape index (κ1) is 30.5. The summed E-state index contributed by atoms with van der Waals surface area (Å²) < 4.78 is 1.04. The summed E-state index contributed by atoms with van der Waals surface area (Å²) in [6.45, 7) is 11.0. The molecule has 6 heteroatoms. The highest BCUT2D eigenvalue weighted by Crippen LogP contribution is 2.16. The molecule has 0 atom stereocenters. The number of hydrogen-bond donors (Lipinski definition) is 3. The molecule has 4 nitrogen and oxygen atoms in total. The van der Waals surface area contributed by atoms with Gasteiger partial charge in [-0.3, -0.25) is 0 Å². The van der Waals surface area contributed by atoms with E-state index >= 15 is 0 Å². The normalized spacial score (nSPS) is 12.2. The lowest BCUT2D eigenvalue weighted by Gasteiger charge is -2.37. The first-order chi connectivity index (χ1) is 12.9. The molecular formula is C22H50ClNO3Si. The van der Waals surface area contributed by atoms with E-state index in [9.17, 15) is 14.4 Å². The smallest absolute Gasteiger partial charge is 0.492 e. The summed E-state index contributed by atoms with van der Waals surface area (Å²) in [5.74, 6) is 0. The Labute approximate surface area is 183 Å². The molecule has 0 unspecified atom stereocenters. The standard InChI is InChI=1S/C22H50NO3Si.ClH/c1-4-7-8-9-10-11-12-13-14-15-16-17-18-20-23(5-2,6-3)21-19-22-27(24,25)26;/h24-26H,4-22H2,1-3H3;1H/q+1;/p-1. The van der Waals surface area contributed by atoms with Crippen molar-refractivity contribution < 1.29 is 31.3 Å². The van der Waals surface area contributed by atoms with Crippen LogP contribution in [0.5, 0.6) is 0 Å². The van der Waals surface area contributed by atoms with Crippen molar-refractivity contribution >= 4 is 8.80 Å². The molecule has 0 spiro atoms. The van der Waals surface area contributed by atoms with Crippen LogP contribution in [0.4, 0.5) is 0 Å². The molecular weight excluding hydrogens is 390 g/mol. The van der Waals surface area contributed by atoms with Gasteiger partial charge in [0.2, 0.25) is 0 Å². The second-order valence-corrected chi connectivity index (χ2v) is 10.6. The Morgan fingerprint density at radius 1 is 0.536 bits per heavy atom. The highest BCUT2D eigenvalue weighted by Gasteiger charge is 2.29. The number of unbranched alkanes of at least 4 members (excludes halogenated alkanes) is 12. The Bertz CT molecular complexity index is 323. The number of hydrogen-bond acceptors (Lipinski definition) is 3. The van der Waals surface area contributed by atoms with Crippen LogP contribution in [0.25, 0.3) is 0 Å². The average Bonchev–Trinajstić information content (AvgIpc) is 2.63. The van der Waals surface area contributed by atoms with Gasteiger partial charge in [-0.15, -0.1) is 0 Å². The van der Waals surface area contributed by atoms with Crippen LogP contribution in [0.3, 0.4) is 0 Å². The minimum absolute atomic E-state index is 0. The molecule has 0 amide bonds. The minimum Gasteiger partial charge on any atom is -1.00 e. The van der Waals surface area contributed by atoms with Crippen LogP contribution in [-0.4, -0.2) is 53.9 Å². The summed E-state index contributed by atoms with van der Waals surface area (Å²) in [5.41, 5.74) is 0. The van der Waals surface area contributed by atoms with Gasteiger partial charge in [-0.25, -0.2) is 0 Å². The maximum absolute atomic E-state index is 9.20. The van der Waals surface area contributed by atoms with Gasteiger partial charge in [-0.2, -0.15) is 0 Å². The molecule has 0 heterocycles. The van der Waals surface area contributed by atoms with Crippen LogP contribution >= 0.6 is 0 Å². The molecule has 0 aromatic heterocycles. The molecule has 3 N–H and O–H groups in total. The number of quaternary nitrogens is 1. The van der Waals surface area contributed by atoms with E-state index < -0.39 is 8.80 Å². The van der Waals surface area contributed by atoms with Crippen molar-refractivity contribution in [1.82, 2.24) is 0 Å². The fraction of sp³-hybridized carbons (Fsp3) is 1.00. The Balaban J connectivity index is 0. The average molecular weight is 440 g/mol. The molecule has 0 aliphatic heterocycles. The molecule has 0 saturated heterocycles. The Hall–Kier alpha value is 0.347. The van der Waals surface area contributed by atoms with Crippen molar-refractivity contribution in [1.29, 1.82) is 0 Å². The van der Waals surface area contributed by atoms with Crippen molar-refractivity contribution in [3.8, 4) is 0 Å². The molecule has 0 aromatic carbocycles. The zero-order chi connectivity index (χ0) is 20.4. The zero-order valence-electron chi connectivity index (χ0n) is 19.1. The van der Waals surface area contributed by atoms with E-state index in [-0.39, 0.29) is 18.5 Å². The first-order valence-corrected chi connectivity index (χ1v) is 14.0. The first-order valence-electron chi connectivity index (χ1n) is 11.9. The Morgan fingerprint density at radius 2 is 0.893 bits per heavy atom. The molecule has 0 aliphatic carbocycles. The Kier molecular flexibility index (Phi) is 21.1. The summed E-state index contributed by atoms with van der Waals surface area (Å²) in [6, 6.07) is 0.172. The van der Waals surface area contributed by atoms with Crippen molar-refractivity contribution in [3.05, 3.63) is 0 Å². The van der Waals surface area contributed by atoms with E-state index in [1.165, 1.54) is 90.0 Å². The molecule has 0 radical (unpaired) electrons. The van der Waals surface area contributed by atoms with Crippen LogP contribution < -0.4 is 12.4 Å². The molecule has 0 saturated carbocycles. The van der Waals surface area contributed by atoms with Crippen molar-refractivity contribution in [2.45, 2.75) is 117 Å². The molecule has 172 valence electrons. The van der Waals surface area contributed by atoms with Crippen LogP contribution in [0, 0.1) is 0 Å². The minimum atomic E-state index is -3.86. The highest BCUT2D eigenvalue weighted by molar-refractivity contribution is 6.56. The van der Waals surface area contributed by atoms with Gasteiger partial charge in [0.1, 0.15) is 0 Å². The van der Waals surface area contributed by atoms with Crippen LogP contribution in [0.2, 0.25) is 6.04 Å². The largest absolute Gasteiger partial charge is 1.00 e. The van der Waals surface area contributed by atoms with Crippen molar-refractivity contribution in [2.24, 2.45) is 0 Å². The number of nitrogens with zero attached hydrogens (tertiary/aromatic N) is 1. The Morgan fingerprint density at radius 3 is 1.25 bits per heavy atom. The predicted octanol–water partition coefficient (Wildman–Crippen LogP) is 2.24. The lowest BCUT2D eigenvalue weighted by molar-refractivity contribution is -0.925. The summed E-state index contributed by atoms with van der Waals surface area (Å²) in [4.78, 5) is 27.6. The van der Waals surface area contributed by atoms with Crippen molar-refractivity contribution in [3.63, 3.8) is 0 Å². The quantitative estimate of drug-likeness (QED) is 0.155. The van der Waals surface area contributed by atoms with E-state index in [1.54, 1.807) is 0 Å². The molecule has 28 heavy (non-hydrogen) atoms. The molecule has 0 bridgehead atoms. The van der Waals surface area contributed by atoms with E-state index in [4.69, 9.17) is 0 Å². The van der Waals surface area contributed by atoms with Crippen molar-refractivity contribution in [2.75, 3.05) is 26.2 Å². The van der Waals surface area contributed by atoms with E-state index in [0.717, 1.165) is 24.1 Å². The van der Waals surface area contributed by atoms with Gasteiger partial charge in [-0.1, -0.05) is 77.6 Å². The summed E-state index contributed by atoms with van der Waals surface area (Å²) >= 11 is 0. The molecule has 0 aliphatic rings. The number of halogens is 1. The van der Waals surface area contributed by atoms with Gasteiger partial charge in [0.25, 0.3) is 0 Å². The lowest BCUT2D eigenvalue weighted by atomic mass is 10.0. The van der Waals surface area contributed by atoms with Crippen LogP contribution in [0.1, 0.15) is 111 Å². The van der Waals surface area contributed by atoms with E-state index in [2.05, 4.69) is 20.8 Å². The van der Waals surface area contributed by atoms with Gasteiger partial charge < -0.3 is 31.3 Å². The molecule has 0 fully saturated rings. The van der Waals surface area contributed by atoms with Gasteiger partial charge in [0.15, 0.2) is 0 Å². The van der Waals surface area contributed by atoms with Crippen LogP contribution in [-0.2, 0) is 0 Å². The maximum atomic E-state index is 9.20. The predicted molar refractivity (Wildman–Crippen MR) is 119 cm³/mol. The van der Waals surface area contributed by atoms with Crippen LogP contribution in [0.15, 0.2) is 0 Å². The number of rotatable bonds is 20. The third kappa shape index (κ3) is 18.4. The van der Waals surface area contributed by atoms with Gasteiger partial charge in [-0.05, 0) is 26.7 Å². The lowest BCUT2D eigenvalue weighted by Crippen LogP contribution is -3.00. The molecule has 0 aromatic rings. The fourth-order valence-corrected chi connectivity index (χ4v) is 4.72.